The van der Waals surface area contributed by atoms with Crippen LogP contribution in [0.1, 0.15) is 18.5 Å². The maximum atomic E-state index is 13.8. The van der Waals surface area contributed by atoms with Gasteiger partial charge in [-0.15, -0.1) is 0 Å². The molecule has 2 N–H and O–H groups in total. The van der Waals surface area contributed by atoms with E-state index in [2.05, 4.69) is 0 Å². The molecule has 0 amide bonds. The van der Waals surface area contributed by atoms with Crippen LogP contribution in [0.15, 0.2) is 18.2 Å². The summed E-state index contributed by atoms with van der Waals surface area (Å²) in [4.78, 5) is 1.93. The molecule has 0 spiro atoms. The van der Waals surface area contributed by atoms with Crippen LogP contribution < -0.4 is 5.73 Å². The zero-order valence-corrected chi connectivity index (χ0v) is 11.8. The number of hydrogen-bond acceptors (Lipinski definition) is 3. The van der Waals surface area contributed by atoms with E-state index >= 15 is 0 Å². The minimum Gasteiger partial charge on any atom is -0.329 e. The number of thioether (sulfide) groups is 1. The summed E-state index contributed by atoms with van der Waals surface area (Å²) in [5.41, 5.74) is 5.76. The third kappa shape index (κ3) is 3.43. The van der Waals surface area contributed by atoms with Crippen molar-refractivity contribution in [2.75, 3.05) is 25.6 Å². The van der Waals surface area contributed by atoms with Crippen LogP contribution in [0.3, 0.4) is 0 Å². The Hall–Kier alpha value is -0.650. The summed E-state index contributed by atoms with van der Waals surface area (Å²) in [5, 5.41) is 0. The first kappa shape index (κ1) is 15.4. The maximum Gasteiger partial charge on any atom is 0.130 e. The van der Waals surface area contributed by atoms with Crippen LogP contribution in [0.25, 0.3) is 0 Å². The lowest BCUT2D eigenvalue weighted by Gasteiger charge is -2.32. The second kappa shape index (κ2) is 7.07. The van der Waals surface area contributed by atoms with Crippen LogP contribution in [0.2, 0.25) is 0 Å². The molecule has 0 aromatic heterocycles. The van der Waals surface area contributed by atoms with E-state index in [0.717, 1.165) is 5.75 Å². The Labute approximate surface area is 112 Å². The Balaban J connectivity index is 3.02. The Morgan fingerprint density at radius 2 is 1.89 bits per heavy atom. The molecule has 102 valence electrons. The number of hydrogen-bond donors (Lipinski definition) is 1. The zero-order chi connectivity index (χ0) is 13.7. The molecule has 0 saturated carbocycles. The third-order valence-corrected chi connectivity index (χ3v) is 3.97. The predicted octanol–water partition coefficient (Wildman–Crippen LogP) is 2.65. The second-order valence-electron chi connectivity index (χ2n) is 4.36. The molecular weight excluding hydrogens is 254 g/mol. The van der Waals surface area contributed by atoms with E-state index in [0.29, 0.717) is 0 Å². The van der Waals surface area contributed by atoms with Gasteiger partial charge in [-0.1, -0.05) is 6.07 Å². The average molecular weight is 274 g/mol. The van der Waals surface area contributed by atoms with Gasteiger partial charge in [0.25, 0.3) is 0 Å². The SMILES string of the molecule is CSCC(C)N(C)C(CN)c1c(F)cccc1F. The summed E-state index contributed by atoms with van der Waals surface area (Å²) in [7, 11) is 1.85. The Morgan fingerprint density at radius 3 is 2.33 bits per heavy atom. The van der Waals surface area contributed by atoms with Crippen LogP contribution in [-0.4, -0.2) is 36.5 Å². The van der Waals surface area contributed by atoms with E-state index in [9.17, 15) is 8.78 Å². The molecule has 2 atom stereocenters. The van der Waals surface area contributed by atoms with Crippen molar-refractivity contribution < 1.29 is 8.78 Å². The van der Waals surface area contributed by atoms with Gasteiger partial charge < -0.3 is 5.73 Å². The van der Waals surface area contributed by atoms with Crippen molar-refractivity contribution in [2.45, 2.75) is 19.0 Å². The van der Waals surface area contributed by atoms with Gasteiger partial charge in [-0.2, -0.15) is 11.8 Å². The molecule has 0 heterocycles. The van der Waals surface area contributed by atoms with Crippen LogP contribution in [-0.2, 0) is 0 Å². The molecule has 2 nitrogen and oxygen atoms in total. The molecule has 0 saturated heterocycles. The van der Waals surface area contributed by atoms with Gasteiger partial charge >= 0.3 is 0 Å². The highest BCUT2D eigenvalue weighted by molar-refractivity contribution is 7.98. The quantitative estimate of drug-likeness (QED) is 0.864. The number of likely N-dealkylation sites (N-methyl/N-ethyl adjacent to an activating group) is 1. The number of nitrogens with two attached hydrogens (primary N) is 1. The van der Waals surface area contributed by atoms with Crippen LogP contribution in [0, 0.1) is 11.6 Å². The van der Waals surface area contributed by atoms with Gasteiger partial charge in [0.1, 0.15) is 11.6 Å². The second-order valence-corrected chi connectivity index (χ2v) is 5.27. The highest BCUT2D eigenvalue weighted by Crippen LogP contribution is 2.26. The molecule has 18 heavy (non-hydrogen) atoms. The summed E-state index contributed by atoms with van der Waals surface area (Å²) in [5.74, 6) is -0.175. The fraction of sp³-hybridized carbons (Fsp3) is 0.538. The summed E-state index contributed by atoms with van der Waals surface area (Å²) < 4.78 is 27.5. The van der Waals surface area contributed by atoms with Crippen molar-refractivity contribution in [3.63, 3.8) is 0 Å². The van der Waals surface area contributed by atoms with E-state index in [1.807, 2.05) is 25.1 Å². The van der Waals surface area contributed by atoms with Gasteiger partial charge in [-0.25, -0.2) is 8.78 Å². The van der Waals surface area contributed by atoms with E-state index in [1.165, 1.54) is 18.2 Å². The molecule has 2 unspecified atom stereocenters. The first-order valence-corrected chi connectivity index (χ1v) is 7.27. The van der Waals surface area contributed by atoms with Crippen molar-refractivity contribution in [1.29, 1.82) is 0 Å². The van der Waals surface area contributed by atoms with Gasteiger partial charge in [0.2, 0.25) is 0 Å². The Bertz CT molecular complexity index is 367. The van der Waals surface area contributed by atoms with Crippen molar-refractivity contribution in [3.8, 4) is 0 Å². The molecule has 1 rings (SSSR count). The van der Waals surface area contributed by atoms with Gasteiger partial charge in [0, 0.05) is 23.9 Å². The standard InChI is InChI=1S/C13H20F2N2S/c1-9(8-18-3)17(2)12(7-16)13-10(14)5-4-6-11(13)15/h4-6,9,12H,7-8,16H2,1-3H3. The molecule has 0 bridgehead atoms. The van der Waals surface area contributed by atoms with E-state index in [1.54, 1.807) is 11.8 Å². The molecule has 1 aromatic rings. The first-order valence-electron chi connectivity index (χ1n) is 5.87. The molecule has 0 aliphatic rings. The van der Waals surface area contributed by atoms with Crippen LogP contribution >= 0.6 is 11.8 Å². The number of rotatable bonds is 6. The summed E-state index contributed by atoms with van der Waals surface area (Å²) in [6, 6.07) is 3.68. The topological polar surface area (TPSA) is 29.3 Å². The molecule has 1 aromatic carbocycles. The molecular formula is C13H20F2N2S. The molecule has 0 aliphatic carbocycles. The molecule has 5 heteroatoms. The number of nitrogens with zero attached hydrogens (tertiary/aromatic N) is 1. The van der Waals surface area contributed by atoms with Crippen molar-refractivity contribution in [3.05, 3.63) is 35.4 Å². The third-order valence-electron chi connectivity index (χ3n) is 3.15. The molecule has 0 fully saturated rings. The van der Waals surface area contributed by atoms with Gasteiger partial charge in [0.05, 0.1) is 6.04 Å². The van der Waals surface area contributed by atoms with Gasteiger partial charge in [0.15, 0.2) is 0 Å². The van der Waals surface area contributed by atoms with Crippen molar-refractivity contribution in [1.82, 2.24) is 4.90 Å². The molecule has 0 radical (unpaired) electrons. The maximum absolute atomic E-state index is 13.8. The number of halogens is 2. The highest BCUT2D eigenvalue weighted by Gasteiger charge is 2.25. The van der Waals surface area contributed by atoms with E-state index in [-0.39, 0.29) is 18.2 Å². The lowest BCUT2D eigenvalue weighted by Crippen LogP contribution is -2.39. The Kier molecular flexibility index (Phi) is 6.05. The minimum absolute atomic E-state index is 0.0652. The van der Waals surface area contributed by atoms with Crippen molar-refractivity contribution in [2.24, 2.45) is 5.73 Å². The van der Waals surface area contributed by atoms with E-state index < -0.39 is 17.7 Å². The van der Waals surface area contributed by atoms with Gasteiger partial charge in [-0.05, 0) is 32.4 Å². The summed E-state index contributed by atoms with van der Waals surface area (Å²) >= 11 is 1.70. The normalized spacial score (nSPS) is 14.8. The minimum atomic E-state index is -0.534. The summed E-state index contributed by atoms with van der Waals surface area (Å²) in [6.45, 7) is 2.21. The van der Waals surface area contributed by atoms with E-state index in [4.69, 9.17) is 5.73 Å². The fourth-order valence-corrected chi connectivity index (χ4v) is 2.70. The lowest BCUT2D eigenvalue weighted by molar-refractivity contribution is 0.196. The highest BCUT2D eigenvalue weighted by atomic mass is 32.2. The lowest BCUT2D eigenvalue weighted by atomic mass is 10.0. The smallest absolute Gasteiger partial charge is 0.130 e. The number of benzene rings is 1. The van der Waals surface area contributed by atoms with Crippen LogP contribution in [0.4, 0.5) is 8.78 Å². The van der Waals surface area contributed by atoms with Gasteiger partial charge in [-0.3, -0.25) is 4.90 Å². The summed E-state index contributed by atoms with van der Waals surface area (Å²) in [6.07, 6.45) is 2.01. The predicted molar refractivity (Wildman–Crippen MR) is 73.8 cm³/mol. The first-order chi connectivity index (χ1) is 8.52. The Morgan fingerprint density at radius 1 is 1.33 bits per heavy atom. The largest absolute Gasteiger partial charge is 0.329 e. The van der Waals surface area contributed by atoms with Crippen molar-refractivity contribution >= 4 is 11.8 Å². The fourth-order valence-electron chi connectivity index (χ4n) is 1.98. The average Bonchev–Trinajstić information content (AvgIpc) is 2.33. The zero-order valence-electron chi connectivity index (χ0n) is 11.0. The van der Waals surface area contributed by atoms with Crippen LogP contribution in [0.5, 0.6) is 0 Å². The molecule has 0 aliphatic heterocycles. The monoisotopic (exact) mass is 274 g/mol.